The molecule has 0 aliphatic carbocycles. The molecule has 0 radical (unpaired) electrons. The van der Waals surface area contributed by atoms with Gasteiger partial charge in [-0.15, -0.1) is 0 Å². The molecule has 2 aromatic rings. The van der Waals surface area contributed by atoms with Crippen LogP contribution in [0.25, 0.3) is 11.1 Å². The second-order valence-corrected chi connectivity index (χ2v) is 5.47. The van der Waals surface area contributed by atoms with Crippen molar-refractivity contribution in [2.45, 2.75) is 19.3 Å². The molecule has 0 N–H and O–H groups in total. The number of hydrogen-bond acceptors (Lipinski definition) is 3. The Kier molecular flexibility index (Phi) is 2.55. The van der Waals surface area contributed by atoms with Crippen molar-refractivity contribution in [1.29, 1.82) is 5.26 Å². The van der Waals surface area contributed by atoms with Gasteiger partial charge in [-0.05, 0) is 47.7 Å². The Bertz CT molecular complexity index is 804. The molecule has 0 saturated heterocycles. The zero-order valence-electron chi connectivity index (χ0n) is 11.5. The Morgan fingerprint density at radius 3 is 2.81 bits per heavy atom. The van der Waals surface area contributed by atoms with E-state index in [2.05, 4.69) is 23.2 Å². The van der Waals surface area contributed by atoms with Crippen molar-refractivity contribution in [1.82, 2.24) is 4.98 Å². The van der Waals surface area contributed by atoms with Gasteiger partial charge in [0.2, 0.25) is 5.91 Å². The Hall–Kier alpha value is -2.67. The number of carbonyl (C=O) groups is 1. The predicted octanol–water partition coefficient (Wildman–Crippen LogP) is 2.46. The molecule has 21 heavy (non-hydrogen) atoms. The van der Waals surface area contributed by atoms with E-state index in [-0.39, 0.29) is 5.91 Å². The lowest BCUT2D eigenvalue weighted by Crippen LogP contribution is -2.32. The molecule has 0 bridgehead atoms. The topological polar surface area (TPSA) is 57.0 Å². The maximum Gasteiger partial charge on any atom is 0.227 e. The molecular formula is C17H13N3O. The van der Waals surface area contributed by atoms with Gasteiger partial charge in [-0.25, -0.2) is 0 Å². The average molecular weight is 275 g/mol. The monoisotopic (exact) mass is 275 g/mol. The van der Waals surface area contributed by atoms with Crippen molar-refractivity contribution in [2.24, 2.45) is 0 Å². The minimum Gasteiger partial charge on any atom is -0.312 e. The molecule has 4 nitrogen and oxygen atoms in total. The van der Waals surface area contributed by atoms with E-state index < -0.39 is 0 Å². The molecule has 2 aliphatic rings. The number of anilines is 1. The first kappa shape index (κ1) is 12.1. The molecule has 0 atom stereocenters. The van der Waals surface area contributed by atoms with E-state index in [4.69, 9.17) is 0 Å². The molecule has 3 heterocycles. The summed E-state index contributed by atoms with van der Waals surface area (Å²) in [6, 6.07) is 8.18. The van der Waals surface area contributed by atoms with E-state index >= 15 is 0 Å². The summed E-state index contributed by atoms with van der Waals surface area (Å²) in [7, 11) is 0. The van der Waals surface area contributed by atoms with Crippen LogP contribution in [0.3, 0.4) is 0 Å². The lowest BCUT2D eigenvalue weighted by molar-refractivity contribution is -0.118. The Morgan fingerprint density at radius 2 is 2.00 bits per heavy atom. The van der Waals surface area contributed by atoms with Gasteiger partial charge in [-0.3, -0.25) is 9.78 Å². The van der Waals surface area contributed by atoms with Gasteiger partial charge in [0.15, 0.2) is 0 Å². The molecule has 0 unspecified atom stereocenters. The molecular weight excluding hydrogens is 262 g/mol. The molecule has 1 amide bonds. The Balaban J connectivity index is 1.91. The van der Waals surface area contributed by atoms with Crippen LogP contribution in [0, 0.1) is 11.3 Å². The first-order valence-electron chi connectivity index (χ1n) is 7.08. The summed E-state index contributed by atoms with van der Waals surface area (Å²) in [4.78, 5) is 18.0. The zero-order valence-corrected chi connectivity index (χ0v) is 11.5. The second kappa shape index (κ2) is 4.42. The van der Waals surface area contributed by atoms with E-state index in [9.17, 15) is 10.1 Å². The number of aryl methyl sites for hydroxylation is 1. The van der Waals surface area contributed by atoms with Gasteiger partial charge >= 0.3 is 0 Å². The van der Waals surface area contributed by atoms with E-state index in [0.29, 0.717) is 12.0 Å². The fourth-order valence-corrected chi connectivity index (χ4v) is 3.34. The maximum absolute atomic E-state index is 11.9. The summed E-state index contributed by atoms with van der Waals surface area (Å²) in [6.07, 6.45) is 5.64. The number of pyridine rings is 1. The van der Waals surface area contributed by atoms with Crippen molar-refractivity contribution < 1.29 is 4.79 Å². The highest BCUT2D eigenvalue weighted by atomic mass is 16.2. The summed E-state index contributed by atoms with van der Waals surface area (Å²) in [5, 5.41) is 9.26. The molecule has 1 aromatic carbocycles. The van der Waals surface area contributed by atoms with Crippen LogP contribution in [-0.4, -0.2) is 17.4 Å². The first-order valence-corrected chi connectivity index (χ1v) is 7.08. The van der Waals surface area contributed by atoms with Gasteiger partial charge in [0.25, 0.3) is 0 Å². The van der Waals surface area contributed by atoms with Crippen LogP contribution in [0.15, 0.2) is 30.6 Å². The van der Waals surface area contributed by atoms with Crippen molar-refractivity contribution in [2.75, 3.05) is 11.4 Å². The van der Waals surface area contributed by atoms with Gasteiger partial charge in [0, 0.05) is 30.9 Å². The summed E-state index contributed by atoms with van der Waals surface area (Å²) in [5.74, 6) is 0.230. The minimum atomic E-state index is 0.230. The molecule has 1 aromatic heterocycles. The van der Waals surface area contributed by atoms with Crippen LogP contribution in [0.2, 0.25) is 0 Å². The van der Waals surface area contributed by atoms with Crippen molar-refractivity contribution in [3.05, 3.63) is 47.3 Å². The first-order chi connectivity index (χ1) is 10.3. The van der Waals surface area contributed by atoms with Crippen LogP contribution in [0.1, 0.15) is 23.1 Å². The standard InChI is InChI=1S/C17H13N3O/c18-9-13-3-5-19-10-15(13)14-7-11-1-2-16(21)20-6-4-12(8-14)17(11)20/h3,5,7-8,10H,1-2,4,6H2. The number of aromatic nitrogens is 1. The van der Waals surface area contributed by atoms with Crippen molar-refractivity contribution >= 4 is 11.6 Å². The molecule has 102 valence electrons. The second-order valence-electron chi connectivity index (χ2n) is 5.47. The minimum absolute atomic E-state index is 0.230. The fourth-order valence-electron chi connectivity index (χ4n) is 3.34. The number of amides is 1. The summed E-state index contributed by atoms with van der Waals surface area (Å²) < 4.78 is 0. The Labute approximate surface area is 122 Å². The highest BCUT2D eigenvalue weighted by molar-refractivity contribution is 5.99. The molecule has 2 aliphatic heterocycles. The van der Waals surface area contributed by atoms with E-state index in [0.717, 1.165) is 36.2 Å². The number of carbonyl (C=O) groups excluding carboxylic acids is 1. The van der Waals surface area contributed by atoms with E-state index in [1.54, 1.807) is 18.5 Å². The van der Waals surface area contributed by atoms with Crippen LogP contribution in [-0.2, 0) is 17.6 Å². The zero-order chi connectivity index (χ0) is 14.4. The van der Waals surface area contributed by atoms with E-state index in [1.165, 1.54) is 11.1 Å². The third kappa shape index (κ3) is 1.74. The number of benzene rings is 1. The number of nitrogens with zero attached hydrogens (tertiary/aromatic N) is 3. The van der Waals surface area contributed by atoms with Crippen LogP contribution in [0.4, 0.5) is 5.69 Å². The molecule has 0 saturated carbocycles. The molecule has 0 spiro atoms. The predicted molar refractivity (Wildman–Crippen MR) is 78.8 cm³/mol. The fraction of sp³-hybridized carbons (Fsp3) is 0.235. The highest BCUT2D eigenvalue weighted by Gasteiger charge is 2.31. The third-order valence-electron chi connectivity index (χ3n) is 4.30. The number of hydrogen-bond donors (Lipinski definition) is 0. The normalized spacial score (nSPS) is 15.8. The van der Waals surface area contributed by atoms with Crippen LogP contribution < -0.4 is 4.90 Å². The van der Waals surface area contributed by atoms with Crippen LogP contribution in [0.5, 0.6) is 0 Å². The Morgan fingerprint density at radius 1 is 1.19 bits per heavy atom. The largest absolute Gasteiger partial charge is 0.312 e. The molecule has 4 heteroatoms. The van der Waals surface area contributed by atoms with Gasteiger partial charge in [-0.1, -0.05) is 0 Å². The molecule has 4 rings (SSSR count). The summed E-state index contributed by atoms with van der Waals surface area (Å²) in [5.41, 5.74) is 6.07. The number of nitriles is 1. The van der Waals surface area contributed by atoms with Gasteiger partial charge in [0.1, 0.15) is 0 Å². The lowest BCUT2D eigenvalue weighted by Gasteiger charge is -2.25. The van der Waals surface area contributed by atoms with Crippen molar-refractivity contribution in [3.8, 4) is 17.2 Å². The summed E-state index contributed by atoms with van der Waals surface area (Å²) >= 11 is 0. The highest BCUT2D eigenvalue weighted by Crippen LogP contribution is 2.40. The average Bonchev–Trinajstić information content (AvgIpc) is 2.96. The van der Waals surface area contributed by atoms with Gasteiger partial charge < -0.3 is 4.90 Å². The smallest absolute Gasteiger partial charge is 0.227 e. The van der Waals surface area contributed by atoms with Crippen LogP contribution >= 0.6 is 0 Å². The van der Waals surface area contributed by atoms with E-state index in [1.807, 2.05) is 4.90 Å². The quantitative estimate of drug-likeness (QED) is 0.803. The SMILES string of the molecule is N#Cc1ccncc1-c1cc2c3c(c1)CCN3C(=O)CC2. The lowest BCUT2D eigenvalue weighted by atomic mass is 9.93. The third-order valence-corrected chi connectivity index (χ3v) is 4.30. The van der Waals surface area contributed by atoms with Gasteiger partial charge in [-0.2, -0.15) is 5.26 Å². The van der Waals surface area contributed by atoms with Gasteiger partial charge in [0.05, 0.1) is 17.3 Å². The maximum atomic E-state index is 11.9. The number of rotatable bonds is 1. The summed E-state index contributed by atoms with van der Waals surface area (Å²) in [6.45, 7) is 0.781. The molecule has 0 fully saturated rings. The van der Waals surface area contributed by atoms with Crippen molar-refractivity contribution in [3.63, 3.8) is 0 Å².